The summed E-state index contributed by atoms with van der Waals surface area (Å²) < 4.78 is 32.2. The summed E-state index contributed by atoms with van der Waals surface area (Å²) in [4.78, 5) is 5.67. The van der Waals surface area contributed by atoms with Gasteiger partial charge in [-0.3, -0.25) is 0 Å². The second kappa shape index (κ2) is 8.41. The third-order valence-electron chi connectivity index (χ3n) is 5.94. The molecule has 5 rings (SSSR count). The SMILES string of the molecule is COc1ccc(Cn2nnc(-c3c(C4CCn5cncc5C4)cccc3S(N)(=O)=O)n2)cc1. The molecule has 170 valence electrons. The molecule has 1 unspecified atom stereocenters. The Labute approximate surface area is 191 Å². The van der Waals surface area contributed by atoms with E-state index in [9.17, 15) is 8.42 Å². The van der Waals surface area contributed by atoms with E-state index in [1.807, 2.05) is 42.9 Å². The van der Waals surface area contributed by atoms with E-state index in [4.69, 9.17) is 9.88 Å². The molecule has 33 heavy (non-hydrogen) atoms. The minimum Gasteiger partial charge on any atom is -0.497 e. The lowest BCUT2D eigenvalue weighted by molar-refractivity contribution is 0.414. The van der Waals surface area contributed by atoms with Gasteiger partial charge in [-0.1, -0.05) is 24.3 Å². The Morgan fingerprint density at radius 2 is 2.00 bits per heavy atom. The second-order valence-electron chi connectivity index (χ2n) is 8.03. The van der Waals surface area contributed by atoms with Crippen molar-refractivity contribution in [2.45, 2.75) is 36.7 Å². The van der Waals surface area contributed by atoms with Crippen LogP contribution in [-0.2, 0) is 29.5 Å². The summed E-state index contributed by atoms with van der Waals surface area (Å²) in [5, 5.41) is 18.4. The third-order valence-corrected chi connectivity index (χ3v) is 6.89. The van der Waals surface area contributed by atoms with Crippen molar-refractivity contribution < 1.29 is 13.2 Å². The van der Waals surface area contributed by atoms with Crippen LogP contribution in [0.5, 0.6) is 5.75 Å². The van der Waals surface area contributed by atoms with Crippen molar-refractivity contribution in [1.82, 2.24) is 29.8 Å². The Hall–Kier alpha value is -3.57. The molecule has 0 fully saturated rings. The molecular formula is C22H23N7O3S. The monoisotopic (exact) mass is 465 g/mol. The van der Waals surface area contributed by atoms with Crippen LogP contribution in [0.1, 0.15) is 29.2 Å². The molecule has 10 nitrogen and oxygen atoms in total. The maximum Gasteiger partial charge on any atom is 0.238 e. The third kappa shape index (κ3) is 4.24. The summed E-state index contributed by atoms with van der Waals surface area (Å²) >= 11 is 0. The number of hydrogen-bond donors (Lipinski definition) is 1. The molecule has 0 amide bonds. The normalized spacial score (nSPS) is 15.9. The van der Waals surface area contributed by atoms with Crippen LogP contribution in [0.4, 0.5) is 0 Å². The molecule has 1 aliphatic heterocycles. The highest BCUT2D eigenvalue weighted by atomic mass is 32.2. The zero-order valence-electron chi connectivity index (χ0n) is 18.0. The summed E-state index contributed by atoms with van der Waals surface area (Å²) in [6, 6.07) is 12.7. The van der Waals surface area contributed by atoms with Gasteiger partial charge in [0.25, 0.3) is 0 Å². The maximum atomic E-state index is 12.4. The fraction of sp³-hybridized carbons (Fsp3) is 0.273. The van der Waals surface area contributed by atoms with Crippen molar-refractivity contribution in [3.05, 3.63) is 71.8 Å². The van der Waals surface area contributed by atoms with Crippen LogP contribution >= 0.6 is 0 Å². The van der Waals surface area contributed by atoms with E-state index in [0.717, 1.165) is 42.0 Å². The first kappa shape index (κ1) is 21.3. The number of nitrogens with two attached hydrogens (primary N) is 1. The van der Waals surface area contributed by atoms with E-state index in [1.165, 1.54) is 10.9 Å². The van der Waals surface area contributed by atoms with Gasteiger partial charge >= 0.3 is 0 Å². The van der Waals surface area contributed by atoms with E-state index >= 15 is 0 Å². The fourth-order valence-corrected chi connectivity index (χ4v) is 5.07. The Kier molecular flexibility index (Phi) is 5.43. The molecule has 0 radical (unpaired) electrons. The molecule has 11 heteroatoms. The van der Waals surface area contributed by atoms with Crippen LogP contribution in [0.3, 0.4) is 0 Å². The number of aromatic nitrogens is 6. The van der Waals surface area contributed by atoms with Gasteiger partial charge in [0.15, 0.2) is 0 Å². The minimum absolute atomic E-state index is 0.00285. The number of fused-ring (bicyclic) bond motifs is 1. The topological polar surface area (TPSA) is 131 Å². The molecule has 2 N–H and O–H groups in total. The van der Waals surface area contributed by atoms with Gasteiger partial charge in [-0.25, -0.2) is 18.5 Å². The molecule has 4 aromatic rings. The van der Waals surface area contributed by atoms with Crippen LogP contribution in [0.25, 0.3) is 11.4 Å². The van der Waals surface area contributed by atoms with E-state index in [0.29, 0.717) is 12.1 Å². The first-order valence-electron chi connectivity index (χ1n) is 10.5. The number of ether oxygens (including phenoxy) is 1. The standard InChI is InChI=1S/C22H23N7O3S/c1-32-18-7-5-15(6-8-18)13-29-26-22(25-27-29)21-19(3-2-4-20(21)33(23,30)31)16-9-10-28-14-24-12-17(28)11-16/h2-8,12,14,16H,9-11,13H2,1H3,(H2,23,30,31). The average molecular weight is 466 g/mol. The molecule has 0 saturated heterocycles. The van der Waals surface area contributed by atoms with Crippen LogP contribution in [0, 0.1) is 0 Å². The molecule has 1 aliphatic rings. The summed E-state index contributed by atoms with van der Waals surface area (Å²) in [5.74, 6) is 1.08. The quantitative estimate of drug-likeness (QED) is 0.461. The van der Waals surface area contributed by atoms with Crippen LogP contribution < -0.4 is 9.88 Å². The minimum atomic E-state index is -4.00. The fourth-order valence-electron chi connectivity index (χ4n) is 4.30. The predicted octanol–water partition coefficient (Wildman–Crippen LogP) is 1.97. The zero-order chi connectivity index (χ0) is 23.0. The molecule has 0 spiro atoms. The average Bonchev–Trinajstić information content (AvgIpc) is 3.47. The lowest BCUT2D eigenvalue weighted by atomic mass is 9.86. The van der Waals surface area contributed by atoms with Crippen molar-refractivity contribution in [1.29, 1.82) is 0 Å². The van der Waals surface area contributed by atoms with E-state index in [2.05, 4.69) is 25.0 Å². The summed E-state index contributed by atoms with van der Waals surface area (Å²) in [6.07, 6.45) is 5.24. The lowest BCUT2D eigenvalue weighted by Gasteiger charge is -2.26. The Balaban J connectivity index is 1.53. The number of imidazole rings is 1. The highest BCUT2D eigenvalue weighted by molar-refractivity contribution is 7.89. The Morgan fingerprint density at radius 1 is 1.18 bits per heavy atom. The first-order chi connectivity index (χ1) is 15.9. The zero-order valence-corrected chi connectivity index (χ0v) is 18.8. The predicted molar refractivity (Wildman–Crippen MR) is 120 cm³/mol. The number of benzene rings is 2. The number of primary sulfonamides is 1. The van der Waals surface area contributed by atoms with Crippen molar-refractivity contribution in [2.75, 3.05) is 7.11 Å². The van der Waals surface area contributed by atoms with Crippen molar-refractivity contribution in [2.24, 2.45) is 5.14 Å². The largest absolute Gasteiger partial charge is 0.497 e. The van der Waals surface area contributed by atoms with E-state index in [-0.39, 0.29) is 16.6 Å². The Morgan fingerprint density at radius 3 is 2.76 bits per heavy atom. The van der Waals surface area contributed by atoms with Crippen molar-refractivity contribution in [3.8, 4) is 17.1 Å². The number of aryl methyl sites for hydroxylation is 1. The van der Waals surface area contributed by atoms with E-state index in [1.54, 1.807) is 13.2 Å². The molecule has 0 aliphatic carbocycles. The summed E-state index contributed by atoms with van der Waals surface area (Å²) in [6.45, 7) is 1.18. The molecule has 0 bridgehead atoms. The van der Waals surface area contributed by atoms with Crippen LogP contribution in [-0.4, -0.2) is 45.3 Å². The smallest absolute Gasteiger partial charge is 0.238 e. The number of rotatable bonds is 6. The number of hydrogen-bond acceptors (Lipinski definition) is 7. The number of tetrazole rings is 1. The van der Waals surface area contributed by atoms with Gasteiger partial charge in [-0.05, 0) is 53.3 Å². The highest BCUT2D eigenvalue weighted by Gasteiger charge is 2.28. The molecule has 1 atom stereocenters. The van der Waals surface area contributed by atoms with Gasteiger partial charge in [0.1, 0.15) is 5.75 Å². The van der Waals surface area contributed by atoms with Gasteiger partial charge in [-0.2, -0.15) is 4.80 Å². The van der Waals surface area contributed by atoms with Gasteiger partial charge in [0.05, 0.1) is 24.9 Å². The van der Waals surface area contributed by atoms with Gasteiger partial charge in [0, 0.05) is 24.0 Å². The van der Waals surface area contributed by atoms with Gasteiger partial charge in [0.2, 0.25) is 15.8 Å². The van der Waals surface area contributed by atoms with Crippen molar-refractivity contribution in [3.63, 3.8) is 0 Å². The lowest BCUT2D eigenvalue weighted by Crippen LogP contribution is -2.20. The second-order valence-corrected chi connectivity index (χ2v) is 9.55. The summed E-state index contributed by atoms with van der Waals surface area (Å²) in [7, 11) is -2.39. The van der Waals surface area contributed by atoms with Gasteiger partial charge < -0.3 is 9.30 Å². The molecule has 0 saturated carbocycles. The van der Waals surface area contributed by atoms with Crippen LogP contribution in [0.15, 0.2) is 59.9 Å². The first-order valence-corrected chi connectivity index (χ1v) is 12.0. The number of nitrogens with zero attached hydrogens (tertiary/aromatic N) is 6. The van der Waals surface area contributed by atoms with E-state index < -0.39 is 10.0 Å². The van der Waals surface area contributed by atoms with Crippen molar-refractivity contribution >= 4 is 10.0 Å². The Bertz CT molecular complexity index is 1390. The summed E-state index contributed by atoms with van der Waals surface area (Å²) in [5.41, 5.74) is 3.33. The molecule has 2 aromatic carbocycles. The highest BCUT2D eigenvalue weighted by Crippen LogP contribution is 2.37. The molecule has 2 aromatic heterocycles. The number of methoxy groups -OCH3 is 1. The maximum absolute atomic E-state index is 12.4. The van der Waals surface area contributed by atoms with Gasteiger partial charge in [-0.15, -0.1) is 10.2 Å². The number of sulfonamides is 1. The molecular weight excluding hydrogens is 442 g/mol. The van der Waals surface area contributed by atoms with Crippen LogP contribution in [0.2, 0.25) is 0 Å². The molecule has 3 heterocycles.